The van der Waals surface area contributed by atoms with Crippen LogP contribution in [0, 0.1) is 6.92 Å². The van der Waals surface area contributed by atoms with Gasteiger partial charge < -0.3 is 14.6 Å². The molecule has 1 fully saturated rings. The van der Waals surface area contributed by atoms with Crippen LogP contribution in [0.15, 0.2) is 27.1 Å². The molecular weight excluding hydrogens is 417 g/mol. The minimum absolute atomic E-state index is 0.105. The molecular formula is C17H16BrF3N2O3. The second-order valence-electron chi connectivity index (χ2n) is 6.19. The van der Waals surface area contributed by atoms with Crippen molar-refractivity contribution in [1.29, 1.82) is 0 Å². The van der Waals surface area contributed by atoms with Crippen LogP contribution in [0.25, 0.3) is 11.0 Å². The fraction of sp³-hybridized carbons (Fsp3) is 0.412. The van der Waals surface area contributed by atoms with Crippen LogP contribution >= 0.6 is 15.9 Å². The number of alkyl halides is 3. The monoisotopic (exact) mass is 432 g/mol. The minimum atomic E-state index is -4.49. The lowest BCUT2D eigenvalue weighted by Gasteiger charge is -2.23. The quantitative estimate of drug-likeness (QED) is 0.802. The summed E-state index contributed by atoms with van der Waals surface area (Å²) in [5.41, 5.74) is 1.17. The van der Waals surface area contributed by atoms with E-state index >= 15 is 0 Å². The molecule has 2 aromatic rings. The van der Waals surface area contributed by atoms with Crippen LogP contribution in [0.4, 0.5) is 13.2 Å². The lowest BCUT2D eigenvalue weighted by atomic mass is 10.1. The Kier molecular flexibility index (Phi) is 5.01. The first-order chi connectivity index (χ1) is 12.2. The standard InChI is InChI=1S/C17H16BrF3N2O3/c1-9-11-7-10(18)4-5-13(11)26-14(9)16(25)23-6-2-3-12(23)15(24)22-8-17(19,20)21/h4-5,7,12H,2-3,6,8H2,1H3,(H,22,24). The summed E-state index contributed by atoms with van der Waals surface area (Å²) in [6, 6.07) is 4.40. The highest BCUT2D eigenvalue weighted by Gasteiger charge is 2.38. The summed E-state index contributed by atoms with van der Waals surface area (Å²) in [6.45, 7) is 0.617. The van der Waals surface area contributed by atoms with Crippen LogP contribution in [0.1, 0.15) is 29.0 Å². The van der Waals surface area contributed by atoms with Gasteiger partial charge >= 0.3 is 6.18 Å². The van der Waals surface area contributed by atoms with Crippen molar-refractivity contribution in [3.05, 3.63) is 34.0 Å². The number of rotatable bonds is 3. The van der Waals surface area contributed by atoms with Gasteiger partial charge in [-0.3, -0.25) is 9.59 Å². The van der Waals surface area contributed by atoms with Crippen LogP contribution in [0.5, 0.6) is 0 Å². The molecule has 0 spiro atoms. The number of furan rings is 1. The van der Waals surface area contributed by atoms with Crippen LogP contribution in [0.2, 0.25) is 0 Å². The number of nitrogens with zero attached hydrogens (tertiary/aromatic N) is 1. The smallest absolute Gasteiger partial charge is 0.405 e. The van der Waals surface area contributed by atoms with Gasteiger partial charge in [-0.25, -0.2) is 0 Å². The highest BCUT2D eigenvalue weighted by Crippen LogP contribution is 2.30. The summed E-state index contributed by atoms with van der Waals surface area (Å²) in [6.07, 6.45) is -3.63. The lowest BCUT2D eigenvalue weighted by Crippen LogP contribution is -2.48. The normalized spacial score (nSPS) is 17.7. The maximum Gasteiger partial charge on any atom is 0.405 e. The SMILES string of the molecule is Cc1c(C(=O)N2CCCC2C(=O)NCC(F)(F)F)oc2ccc(Br)cc12. The number of hydrogen-bond donors (Lipinski definition) is 1. The third-order valence-electron chi connectivity index (χ3n) is 4.37. The molecule has 1 aromatic heterocycles. The molecule has 0 aliphatic carbocycles. The number of hydrogen-bond acceptors (Lipinski definition) is 3. The number of likely N-dealkylation sites (tertiary alicyclic amines) is 1. The number of benzene rings is 1. The van der Waals surface area contributed by atoms with E-state index < -0.39 is 30.6 Å². The average molecular weight is 433 g/mol. The van der Waals surface area contributed by atoms with Crippen molar-refractivity contribution in [1.82, 2.24) is 10.2 Å². The van der Waals surface area contributed by atoms with Crippen LogP contribution < -0.4 is 5.32 Å². The van der Waals surface area contributed by atoms with Gasteiger partial charge in [-0.15, -0.1) is 0 Å². The van der Waals surface area contributed by atoms with Gasteiger partial charge in [0.2, 0.25) is 5.91 Å². The van der Waals surface area contributed by atoms with Crippen LogP contribution in [-0.4, -0.2) is 42.0 Å². The van der Waals surface area contributed by atoms with Crippen molar-refractivity contribution in [2.45, 2.75) is 32.0 Å². The molecule has 1 aliphatic rings. The first-order valence-corrected chi connectivity index (χ1v) is 8.81. The summed E-state index contributed by atoms with van der Waals surface area (Å²) in [4.78, 5) is 26.2. The van der Waals surface area contributed by atoms with Gasteiger partial charge in [-0.1, -0.05) is 15.9 Å². The Bertz CT molecular complexity index is 863. The zero-order valence-corrected chi connectivity index (χ0v) is 15.4. The number of nitrogens with one attached hydrogen (secondary N) is 1. The number of fused-ring (bicyclic) bond motifs is 1. The summed E-state index contributed by atoms with van der Waals surface area (Å²) in [5.74, 6) is -1.18. The van der Waals surface area contributed by atoms with E-state index in [1.54, 1.807) is 19.1 Å². The van der Waals surface area contributed by atoms with Crippen LogP contribution in [-0.2, 0) is 4.79 Å². The molecule has 1 saturated heterocycles. The highest BCUT2D eigenvalue weighted by molar-refractivity contribution is 9.10. The van der Waals surface area contributed by atoms with Crippen molar-refractivity contribution in [3.8, 4) is 0 Å². The fourth-order valence-electron chi connectivity index (χ4n) is 3.12. The topological polar surface area (TPSA) is 62.6 Å². The lowest BCUT2D eigenvalue weighted by molar-refractivity contribution is -0.140. The molecule has 1 unspecified atom stereocenters. The fourth-order valence-corrected chi connectivity index (χ4v) is 3.48. The molecule has 2 heterocycles. The number of aryl methyl sites for hydroxylation is 1. The summed E-state index contributed by atoms with van der Waals surface area (Å²) in [7, 11) is 0. The molecule has 0 bridgehead atoms. The Balaban J connectivity index is 1.82. The van der Waals surface area contributed by atoms with Gasteiger partial charge in [-0.2, -0.15) is 13.2 Å². The van der Waals surface area contributed by atoms with E-state index in [1.807, 2.05) is 11.4 Å². The van der Waals surface area contributed by atoms with Crippen molar-refractivity contribution in [3.63, 3.8) is 0 Å². The molecule has 1 atom stereocenters. The highest BCUT2D eigenvalue weighted by atomic mass is 79.9. The van der Waals surface area contributed by atoms with Gasteiger partial charge in [0.1, 0.15) is 18.2 Å². The van der Waals surface area contributed by atoms with E-state index in [0.717, 1.165) is 9.86 Å². The first-order valence-electron chi connectivity index (χ1n) is 8.01. The molecule has 5 nitrogen and oxygen atoms in total. The van der Waals surface area contributed by atoms with E-state index in [-0.39, 0.29) is 5.76 Å². The maximum absolute atomic E-state index is 12.9. The zero-order chi connectivity index (χ0) is 19.1. The van der Waals surface area contributed by atoms with Crippen molar-refractivity contribution < 1.29 is 27.2 Å². The predicted molar refractivity (Wildman–Crippen MR) is 91.8 cm³/mol. The van der Waals surface area contributed by atoms with Gasteiger partial charge in [0.05, 0.1) is 0 Å². The van der Waals surface area contributed by atoms with E-state index in [4.69, 9.17) is 4.42 Å². The molecule has 26 heavy (non-hydrogen) atoms. The molecule has 140 valence electrons. The van der Waals surface area contributed by atoms with Gasteiger partial charge in [0, 0.05) is 22.0 Å². The third kappa shape index (κ3) is 3.72. The van der Waals surface area contributed by atoms with Crippen molar-refractivity contribution in [2.75, 3.05) is 13.1 Å². The largest absolute Gasteiger partial charge is 0.451 e. The van der Waals surface area contributed by atoms with E-state index in [1.165, 1.54) is 4.90 Å². The second kappa shape index (κ2) is 6.94. The molecule has 2 amide bonds. The van der Waals surface area contributed by atoms with E-state index in [2.05, 4.69) is 15.9 Å². The maximum atomic E-state index is 12.9. The van der Waals surface area contributed by atoms with E-state index in [0.29, 0.717) is 30.5 Å². The molecule has 1 aromatic carbocycles. The molecule has 0 saturated carbocycles. The van der Waals surface area contributed by atoms with Crippen molar-refractivity contribution >= 4 is 38.7 Å². The minimum Gasteiger partial charge on any atom is -0.451 e. The number of carbonyl (C=O) groups excluding carboxylic acids is 2. The Hall–Kier alpha value is -2.03. The summed E-state index contributed by atoms with van der Waals surface area (Å²) < 4.78 is 43.4. The van der Waals surface area contributed by atoms with E-state index in [9.17, 15) is 22.8 Å². The number of amides is 2. The number of carbonyl (C=O) groups is 2. The second-order valence-corrected chi connectivity index (χ2v) is 7.10. The predicted octanol–water partition coefficient (Wildman–Crippen LogP) is 3.79. The van der Waals surface area contributed by atoms with Crippen LogP contribution in [0.3, 0.4) is 0 Å². The molecule has 3 rings (SSSR count). The van der Waals surface area contributed by atoms with Gasteiger partial charge in [0.25, 0.3) is 5.91 Å². The number of halogens is 4. The molecule has 9 heteroatoms. The molecule has 1 aliphatic heterocycles. The summed E-state index contributed by atoms with van der Waals surface area (Å²) in [5, 5.41) is 2.62. The Morgan fingerprint density at radius 2 is 2.12 bits per heavy atom. The average Bonchev–Trinajstić information content (AvgIpc) is 3.17. The van der Waals surface area contributed by atoms with Gasteiger partial charge in [0.15, 0.2) is 5.76 Å². The first kappa shape index (κ1) is 18.8. The summed E-state index contributed by atoms with van der Waals surface area (Å²) >= 11 is 3.36. The third-order valence-corrected chi connectivity index (χ3v) is 4.87. The molecule has 0 radical (unpaired) electrons. The Morgan fingerprint density at radius 3 is 2.81 bits per heavy atom. The molecule has 1 N–H and O–H groups in total. The zero-order valence-electron chi connectivity index (χ0n) is 13.8. The Morgan fingerprint density at radius 1 is 1.38 bits per heavy atom. The van der Waals surface area contributed by atoms with Crippen molar-refractivity contribution in [2.24, 2.45) is 0 Å². The Labute approximate surface area is 155 Å². The van der Waals surface area contributed by atoms with Gasteiger partial charge in [-0.05, 0) is 38.0 Å².